The van der Waals surface area contributed by atoms with Crippen LogP contribution in [0.3, 0.4) is 0 Å². The molecule has 0 unspecified atom stereocenters. The molecule has 4 aromatic rings. The van der Waals surface area contributed by atoms with Crippen molar-refractivity contribution in [3.05, 3.63) is 78.6 Å². The highest BCUT2D eigenvalue weighted by Crippen LogP contribution is 2.36. The van der Waals surface area contributed by atoms with E-state index in [0.717, 1.165) is 5.56 Å². The number of nitrogens with zero attached hydrogens (tertiary/aromatic N) is 3. The number of carbonyl (C=O) groups is 1. The fraction of sp³-hybridized carbons (Fsp3) is 0.0952. The Labute approximate surface area is 177 Å². The van der Waals surface area contributed by atoms with Gasteiger partial charge in [0.1, 0.15) is 11.0 Å². The van der Waals surface area contributed by atoms with Crippen molar-refractivity contribution in [3.63, 3.8) is 0 Å². The van der Waals surface area contributed by atoms with Crippen molar-refractivity contribution >= 4 is 23.4 Å². The van der Waals surface area contributed by atoms with E-state index in [9.17, 15) is 4.79 Å². The number of anilines is 1. The van der Waals surface area contributed by atoms with E-state index in [1.54, 1.807) is 31.4 Å². The Balaban J connectivity index is 1.62. The number of thioether (sulfide) groups is 1. The van der Waals surface area contributed by atoms with E-state index in [1.165, 1.54) is 22.7 Å². The lowest BCUT2D eigenvalue weighted by molar-refractivity contribution is -0.115. The number of furan rings is 1. The number of methoxy groups -OCH3 is 1. The number of hydrogen-bond donors (Lipinski definition) is 2. The summed E-state index contributed by atoms with van der Waals surface area (Å²) < 4.78 is 11.9. The second-order valence-corrected chi connectivity index (χ2v) is 7.36. The Bertz CT molecular complexity index is 1130. The van der Waals surface area contributed by atoms with Crippen LogP contribution in [-0.2, 0) is 4.79 Å². The summed E-state index contributed by atoms with van der Waals surface area (Å²) in [6, 6.07) is 20.1. The summed E-state index contributed by atoms with van der Waals surface area (Å²) in [5.74, 6) is 7.48. The van der Waals surface area contributed by atoms with Gasteiger partial charge in [-0.1, -0.05) is 48.2 Å². The van der Waals surface area contributed by atoms with Crippen LogP contribution >= 0.6 is 11.8 Å². The zero-order valence-corrected chi connectivity index (χ0v) is 16.9. The fourth-order valence-electron chi connectivity index (χ4n) is 2.85. The van der Waals surface area contributed by atoms with Crippen molar-refractivity contribution in [2.24, 2.45) is 0 Å². The zero-order valence-electron chi connectivity index (χ0n) is 16.1. The quantitative estimate of drug-likeness (QED) is 0.346. The minimum Gasteiger partial charge on any atom is -0.497 e. The molecule has 152 valence electrons. The van der Waals surface area contributed by atoms with Gasteiger partial charge in [-0.25, -0.2) is 4.68 Å². The summed E-state index contributed by atoms with van der Waals surface area (Å²) in [7, 11) is 1.58. The highest BCUT2D eigenvalue weighted by Gasteiger charge is 2.26. The summed E-state index contributed by atoms with van der Waals surface area (Å²) in [6.45, 7) is 0. The molecule has 4 rings (SSSR count). The van der Waals surface area contributed by atoms with Gasteiger partial charge in [-0.05, 0) is 29.8 Å². The van der Waals surface area contributed by atoms with Gasteiger partial charge in [0.2, 0.25) is 16.9 Å². The maximum absolute atomic E-state index is 13.2. The normalized spacial score (nSPS) is 11.8. The number of nitrogens with one attached hydrogen (secondary N) is 1. The van der Waals surface area contributed by atoms with Crippen LogP contribution in [0.4, 0.5) is 5.69 Å². The van der Waals surface area contributed by atoms with E-state index in [-0.39, 0.29) is 5.91 Å². The van der Waals surface area contributed by atoms with Crippen LogP contribution in [0.5, 0.6) is 5.75 Å². The van der Waals surface area contributed by atoms with Crippen molar-refractivity contribution in [2.75, 3.05) is 18.3 Å². The van der Waals surface area contributed by atoms with Crippen molar-refractivity contribution in [1.29, 1.82) is 0 Å². The number of rotatable bonds is 7. The first-order valence-electron chi connectivity index (χ1n) is 9.06. The Hall–Kier alpha value is -3.72. The van der Waals surface area contributed by atoms with Crippen LogP contribution in [0.25, 0.3) is 11.6 Å². The van der Waals surface area contributed by atoms with E-state index in [4.69, 9.17) is 15.0 Å². The third-order valence-electron chi connectivity index (χ3n) is 4.31. The van der Waals surface area contributed by atoms with Crippen LogP contribution in [0.15, 0.2) is 82.6 Å². The van der Waals surface area contributed by atoms with E-state index in [2.05, 4.69) is 15.5 Å². The maximum Gasteiger partial charge on any atom is 0.242 e. The number of ether oxygens (including phenoxy) is 1. The second-order valence-electron chi connectivity index (χ2n) is 6.28. The van der Waals surface area contributed by atoms with Crippen molar-refractivity contribution in [1.82, 2.24) is 14.9 Å². The second kappa shape index (κ2) is 8.75. The molecule has 9 heteroatoms. The highest BCUT2D eigenvalue weighted by molar-refractivity contribution is 8.00. The molecule has 30 heavy (non-hydrogen) atoms. The molecule has 0 spiro atoms. The molecule has 0 bridgehead atoms. The molecular formula is C21H19N5O3S. The molecule has 0 aliphatic rings. The molecule has 1 atom stereocenters. The number of benzene rings is 2. The number of hydrogen-bond acceptors (Lipinski definition) is 7. The molecule has 8 nitrogen and oxygen atoms in total. The smallest absolute Gasteiger partial charge is 0.242 e. The van der Waals surface area contributed by atoms with Gasteiger partial charge in [0.15, 0.2) is 5.76 Å². The van der Waals surface area contributed by atoms with Crippen molar-refractivity contribution < 1.29 is 13.9 Å². The van der Waals surface area contributed by atoms with Gasteiger partial charge in [0.05, 0.1) is 13.4 Å². The standard InChI is InChI=1S/C21H19N5O3S/c1-28-16-10-5-9-15(13-16)23-20(27)18(14-7-3-2-4-8-14)30-21-25-24-19(26(21)22)17-11-6-12-29-17/h2-13,18H,22H2,1H3,(H,23,27)/t18-/m1/s1. The average molecular weight is 421 g/mol. The van der Waals surface area contributed by atoms with E-state index < -0.39 is 5.25 Å². The molecule has 2 aromatic carbocycles. The molecule has 0 aliphatic carbocycles. The van der Waals surface area contributed by atoms with E-state index in [1.807, 2.05) is 42.5 Å². The van der Waals surface area contributed by atoms with Gasteiger partial charge < -0.3 is 20.3 Å². The van der Waals surface area contributed by atoms with E-state index in [0.29, 0.717) is 28.2 Å². The SMILES string of the molecule is COc1cccc(NC(=O)[C@H](Sc2nnc(-c3ccco3)n2N)c2ccccc2)c1. The van der Waals surface area contributed by atoms with Crippen molar-refractivity contribution in [3.8, 4) is 17.3 Å². The molecule has 2 aromatic heterocycles. The minimum atomic E-state index is -0.603. The van der Waals surface area contributed by atoms with Gasteiger partial charge in [-0.2, -0.15) is 0 Å². The van der Waals surface area contributed by atoms with Gasteiger partial charge in [-0.3, -0.25) is 4.79 Å². The Morgan fingerprint density at radius 3 is 2.70 bits per heavy atom. The van der Waals surface area contributed by atoms with Crippen LogP contribution in [0.2, 0.25) is 0 Å². The zero-order chi connectivity index (χ0) is 20.9. The van der Waals surface area contributed by atoms with Crippen molar-refractivity contribution in [2.45, 2.75) is 10.4 Å². The van der Waals surface area contributed by atoms with Crippen LogP contribution in [0.1, 0.15) is 10.8 Å². The number of nitrogen functional groups attached to an aromatic ring is 1. The first kappa shape index (κ1) is 19.6. The number of aromatic nitrogens is 3. The summed E-state index contributed by atoms with van der Waals surface area (Å²) in [6.07, 6.45) is 1.53. The predicted octanol–water partition coefficient (Wildman–Crippen LogP) is 3.73. The molecular weight excluding hydrogens is 402 g/mol. The Morgan fingerprint density at radius 1 is 1.13 bits per heavy atom. The van der Waals surface area contributed by atoms with Gasteiger partial charge >= 0.3 is 0 Å². The summed E-state index contributed by atoms with van der Waals surface area (Å²) in [4.78, 5) is 13.2. The molecule has 1 amide bonds. The third-order valence-corrected chi connectivity index (χ3v) is 5.52. The molecule has 0 saturated heterocycles. The number of carbonyl (C=O) groups excluding carboxylic acids is 1. The average Bonchev–Trinajstić information content (AvgIpc) is 3.42. The summed E-state index contributed by atoms with van der Waals surface area (Å²) in [5.41, 5.74) is 1.44. The third kappa shape index (κ3) is 4.15. The Kier molecular flexibility index (Phi) is 5.71. The Morgan fingerprint density at radius 2 is 1.97 bits per heavy atom. The number of nitrogens with two attached hydrogens (primary N) is 1. The highest BCUT2D eigenvalue weighted by atomic mass is 32.2. The monoisotopic (exact) mass is 421 g/mol. The molecule has 0 fully saturated rings. The van der Waals surface area contributed by atoms with Gasteiger partial charge in [0, 0.05) is 11.8 Å². The topological polar surface area (TPSA) is 108 Å². The minimum absolute atomic E-state index is 0.220. The van der Waals surface area contributed by atoms with Crippen LogP contribution < -0.4 is 15.9 Å². The largest absolute Gasteiger partial charge is 0.497 e. The van der Waals surface area contributed by atoms with Gasteiger partial charge in [0.25, 0.3) is 0 Å². The molecule has 0 aliphatic heterocycles. The summed E-state index contributed by atoms with van der Waals surface area (Å²) in [5, 5.41) is 11.0. The number of amides is 1. The van der Waals surface area contributed by atoms with Crippen LogP contribution in [-0.4, -0.2) is 27.9 Å². The lowest BCUT2D eigenvalue weighted by atomic mass is 10.1. The molecule has 0 radical (unpaired) electrons. The molecule has 3 N–H and O–H groups in total. The fourth-order valence-corrected chi connectivity index (χ4v) is 3.80. The van der Waals surface area contributed by atoms with E-state index >= 15 is 0 Å². The van der Waals surface area contributed by atoms with Crippen LogP contribution in [0, 0.1) is 0 Å². The molecule has 2 heterocycles. The first-order chi connectivity index (χ1) is 14.7. The predicted molar refractivity (Wildman–Crippen MR) is 115 cm³/mol. The van der Waals surface area contributed by atoms with Gasteiger partial charge in [-0.15, -0.1) is 10.2 Å². The lowest BCUT2D eigenvalue weighted by Crippen LogP contribution is -2.20. The maximum atomic E-state index is 13.2. The first-order valence-corrected chi connectivity index (χ1v) is 9.94. The lowest BCUT2D eigenvalue weighted by Gasteiger charge is -2.16. The molecule has 0 saturated carbocycles. The summed E-state index contributed by atoms with van der Waals surface area (Å²) >= 11 is 1.20.